The van der Waals surface area contributed by atoms with Gasteiger partial charge in [-0.25, -0.2) is 0 Å². The van der Waals surface area contributed by atoms with E-state index in [2.05, 4.69) is 6.26 Å². The third kappa shape index (κ3) is 4.11. The van der Waals surface area contributed by atoms with Crippen LogP contribution in [0.3, 0.4) is 0 Å². The topological polar surface area (TPSA) is 45.1 Å². The Morgan fingerprint density at radius 1 is 1.32 bits per heavy atom. The number of hydrogen-bond donors (Lipinski definition) is 1. The summed E-state index contributed by atoms with van der Waals surface area (Å²) in [6.07, 6.45) is 3.64. The number of quaternary nitrogens is 1. The quantitative estimate of drug-likeness (QED) is 0.683. The van der Waals surface area contributed by atoms with Gasteiger partial charge in [0.05, 0.1) is 39.3 Å². The third-order valence-electron chi connectivity index (χ3n) is 3.98. The summed E-state index contributed by atoms with van der Waals surface area (Å²) in [5.41, 5.74) is 0. The lowest BCUT2D eigenvalue weighted by Crippen LogP contribution is -3.15. The Morgan fingerprint density at radius 3 is 2.63 bits per heavy atom. The summed E-state index contributed by atoms with van der Waals surface area (Å²) in [4.78, 5) is 28.9. The van der Waals surface area contributed by atoms with E-state index in [1.54, 1.807) is 9.80 Å². The van der Waals surface area contributed by atoms with Crippen molar-refractivity contribution in [2.75, 3.05) is 57.8 Å². The first-order chi connectivity index (χ1) is 9.20. The van der Waals surface area contributed by atoms with E-state index in [1.165, 1.54) is 12.3 Å². The number of nitrogens with zero attached hydrogens (tertiary/aromatic N) is 2. The highest BCUT2D eigenvalue weighted by Gasteiger charge is 2.27. The standard InChI is InChI=1S/C13H23N3O2S/c1-19-10-9-14-5-7-15(8-6-14)13(18)11-16-4-2-3-12(16)17/h2-11H2,1H3/p+1. The first-order valence-electron chi connectivity index (χ1n) is 7.09. The number of likely N-dealkylation sites (tertiary alicyclic amines) is 1. The SMILES string of the molecule is CSCC[NH+]1CCN(C(=O)CN2CCCC2=O)CC1. The van der Waals surface area contributed by atoms with Crippen molar-refractivity contribution in [1.82, 2.24) is 9.80 Å². The van der Waals surface area contributed by atoms with Gasteiger partial charge in [-0.2, -0.15) is 11.8 Å². The lowest BCUT2D eigenvalue weighted by molar-refractivity contribution is -0.901. The average molecular weight is 286 g/mol. The van der Waals surface area contributed by atoms with Crippen LogP contribution >= 0.6 is 11.8 Å². The monoisotopic (exact) mass is 286 g/mol. The molecule has 19 heavy (non-hydrogen) atoms. The molecule has 0 aromatic heterocycles. The molecule has 2 amide bonds. The van der Waals surface area contributed by atoms with Gasteiger partial charge in [-0.1, -0.05) is 0 Å². The van der Waals surface area contributed by atoms with Gasteiger partial charge in [0.2, 0.25) is 11.8 Å². The highest BCUT2D eigenvalue weighted by molar-refractivity contribution is 7.98. The van der Waals surface area contributed by atoms with E-state index in [0.29, 0.717) is 13.0 Å². The average Bonchev–Trinajstić information content (AvgIpc) is 2.82. The number of carbonyl (C=O) groups excluding carboxylic acids is 2. The molecule has 2 heterocycles. The van der Waals surface area contributed by atoms with Crippen molar-refractivity contribution in [3.63, 3.8) is 0 Å². The second-order valence-corrected chi connectivity index (χ2v) is 6.28. The first kappa shape index (κ1) is 14.7. The van der Waals surface area contributed by atoms with Gasteiger partial charge < -0.3 is 14.7 Å². The van der Waals surface area contributed by atoms with Crippen molar-refractivity contribution in [2.24, 2.45) is 0 Å². The van der Waals surface area contributed by atoms with Gasteiger partial charge >= 0.3 is 0 Å². The second kappa shape index (κ2) is 7.14. The Bertz CT molecular complexity index is 330. The summed E-state index contributed by atoms with van der Waals surface area (Å²) >= 11 is 1.88. The summed E-state index contributed by atoms with van der Waals surface area (Å²) in [6.45, 7) is 5.99. The Hall–Kier alpha value is -0.750. The zero-order valence-corrected chi connectivity index (χ0v) is 12.5. The molecule has 0 radical (unpaired) electrons. The van der Waals surface area contributed by atoms with Crippen LogP contribution in [0.1, 0.15) is 12.8 Å². The van der Waals surface area contributed by atoms with E-state index >= 15 is 0 Å². The molecule has 0 aromatic rings. The number of piperazine rings is 1. The summed E-state index contributed by atoms with van der Waals surface area (Å²) in [6, 6.07) is 0. The van der Waals surface area contributed by atoms with Gasteiger partial charge in [-0.3, -0.25) is 9.59 Å². The number of carbonyl (C=O) groups is 2. The highest BCUT2D eigenvalue weighted by atomic mass is 32.2. The van der Waals surface area contributed by atoms with Crippen molar-refractivity contribution >= 4 is 23.6 Å². The fourth-order valence-corrected chi connectivity index (χ4v) is 3.20. The van der Waals surface area contributed by atoms with Crippen LogP contribution in [0.4, 0.5) is 0 Å². The van der Waals surface area contributed by atoms with Gasteiger partial charge in [0.25, 0.3) is 0 Å². The Morgan fingerprint density at radius 2 is 2.05 bits per heavy atom. The van der Waals surface area contributed by atoms with E-state index in [0.717, 1.165) is 39.1 Å². The van der Waals surface area contributed by atoms with Crippen LogP contribution in [0.15, 0.2) is 0 Å². The molecule has 0 aliphatic carbocycles. The van der Waals surface area contributed by atoms with Crippen molar-refractivity contribution in [3.8, 4) is 0 Å². The molecule has 0 bridgehead atoms. The summed E-state index contributed by atoms with van der Waals surface area (Å²) in [7, 11) is 0. The smallest absolute Gasteiger partial charge is 0.242 e. The van der Waals surface area contributed by atoms with Crippen molar-refractivity contribution in [2.45, 2.75) is 12.8 Å². The van der Waals surface area contributed by atoms with Crippen LogP contribution in [0.2, 0.25) is 0 Å². The van der Waals surface area contributed by atoms with E-state index < -0.39 is 0 Å². The maximum atomic E-state index is 12.1. The molecule has 0 aromatic carbocycles. The predicted molar refractivity (Wildman–Crippen MR) is 76.3 cm³/mol. The van der Waals surface area contributed by atoms with Crippen molar-refractivity contribution in [1.29, 1.82) is 0 Å². The second-order valence-electron chi connectivity index (χ2n) is 5.29. The molecule has 2 aliphatic heterocycles. The number of rotatable bonds is 5. The number of thioether (sulfide) groups is 1. The first-order valence-corrected chi connectivity index (χ1v) is 8.48. The third-order valence-corrected chi connectivity index (χ3v) is 4.59. The van der Waals surface area contributed by atoms with Gasteiger partial charge in [0.15, 0.2) is 0 Å². The van der Waals surface area contributed by atoms with Crippen molar-refractivity contribution in [3.05, 3.63) is 0 Å². The maximum Gasteiger partial charge on any atom is 0.242 e. The molecule has 6 heteroatoms. The Labute approximate surface area is 119 Å². The van der Waals surface area contributed by atoms with Crippen LogP contribution in [0, 0.1) is 0 Å². The highest BCUT2D eigenvalue weighted by Crippen LogP contribution is 2.09. The minimum atomic E-state index is 0.124. The molecule has 108 valence electrons. The van der Waals surface area contributed by atoms with Gasteiger partial charge in [-0.05, 0) is 12.7 Å². The van der Waals surface area contributed by atoms with E-state index in [9.17, 15) is 9.59 Å². The molecular weight excluding hydrogens is 262 g/mol. The van der Waals surface area contributed by atoms with Crippen molar-refractivity contribution < 1.29 is 14.5 Å². The molecule has 1 N–H and O–H groups in total. The Balaban J connectivity index is 1.71. The maximum absolute atomic E-state index is 12.1. The lowest BCUT2D eigenvalue weighted by Gasteiger charge is -2.33. The van der Waals surface area contributed by atoms with E-state index in [1.807, 2.05) is 16.7 Å². The Kier molecular flexibility index (Phi) is 5.51. The predicted octanol–water partition coefficient (Wildman–Crippen LogP) is -1.30. The van der Waals surface area contributed by atoms with E-state index in [4.69, 9.17) is 0 Å². The summed E-state index contributed by atoms with van der Waals surface area (Å²) in [5.74, 6) is 1.45. The fourth-order valence-electron chi connectivity index (χ4n) is 2.70. The normalized spacial score (nSPS) is 21.2. The summed E-state index contributed by atoms with van der Waals surface area (Å²) in [5, 5.41) is 0. The number of nitrogens with one attached hydrogen (secondary N) is 1. The summed E-state index contributed by atoms with van der Waals surface area (Å²) < 4.78 is 0. The zero-order valence-electron chi connectivity index (χ0n) is 11.7. The molecular formula is C13H24N3O2S+. The van der Waals surface area contributed by atoms with Crippen LogP contribution in [-0.2, 0) is 9.59 Å². The lowest BCUT2D eigenvalue weighted by atomic mass is 10.3. The molecule has 0 saturated carbocycles. The number of amides is 2. The van der Waals surface area contributed by atoms with E-state index in [-0.39, 0.29) is 11.8 Å². The molecule has 0 spiro atoms. The van der Waals surface area contributed by atoms with Crippen LogP contribution < -0.4 is 4.90 Å². The van der Waals surface area contributed by atoms with Gasteiger partial charge in [-0.15, -0.1) is 0 Å². The fraction of sp³-hybridized carbons (Fsp3) is 0.846. The van der Waals surface area contributed by atoms with Gasteiger partial charge in [0, 0.05) is 18.7 Å². The van der Waals surface area contributed by atoms with Crippen LogP contribution in [0.5, 0.6) is 0 Å². The van der Waals surface area contributed by atoms with Crippen LogP contribution in [0.25, 0.3) is 0 Å². The molecule has 2 aliphatic rings. The molecule has 2 saturated heterocycles. The molecule has 2 rings (SSSR count). The molecule has 5 nitrogen and oxygen atoms in total. The molecule has 0 atom stereocenters. The largest absolute Gasteiger partial charge is 0.333 e. The molecule has 0 unspecified atom stereocenters. The zero-order chi connectivity index (χ0) is 13.7. The van der Waals surface area contributed by atoms with Crippen LogP contribution in [-0.4, -0.2) is 79.4 Å². The minimum absolute atomic E-state index is 0.124. The minimum Gasteiger partial charge on any atom is -0.333 e. The molecule has 2 fully saturated rings. The number of hydrogen-bond acceptors (Lipinski definition) is 3. The van der Waals surface area contributed by atoms with Gasteiger partial charge in [0.1, 0.15) is 0 Å².